The third kappa shape index (κ3) is 4.17. The summed E-state index contributed by atoms with van der Waals surface area (Å²) in [7, 11) is 0. The van der Waals surface area contributed by atoms with Crippen LogP contribution in [-0.4, -0.2) is 28.7 Å². The topological polar surface area (TPSA) is 53.5 Å². The van der Waals surface area contributed by atoms with Crippen LogP contribution in [0.4, 0.5) is 0 Å². The van der Waals surface area contributed by atoms with Crippen molar-refractivity contribution in [2.45, 2.75) is 0 Å². The molecule has 0 saturated carbocycles. The molecule has 0 unspecified atom stereocenters. The predicted octanol–water partition coefficient (Wildman–Crippen LogP) is 10.2. The van der Waals surface area contributed by atoms with Gasteiger partial charge in [-0.3, -0.25) is 18.7 Å². The maximum absolute atomic E-state index is 5.48. The van der Waals surface area contributed by atoms with Crippen molar-refractivity contribution in [3.8, 4) is 39.8 Å². The molecule has 0 radical (unpaired) electrons. The Morgan fingerprint density at radius 3 is 1.78 bits per heavy atom. The number of fused-ring (bicyclic) bond motifs is 7. The number of imidazole rings is 1. The fraction of sp³-hybridized carbons (Fsp3) is 0. The molecule has 6 nitrogen and oxygen atoms in total. The molecule has 0 aliphatic rings. The van der Waals surface area contributed by atoms with Gasteiger partial charge in [0.2, 0.25) is 0 Å². The average Bonchev–Trinajstić information content (AvgIpc) is 3.83. The SMILES string of the molecule is c1ccc(-c2nc3c(c4ccc5c6ccccc6n(-c6ccc(-c7ccccn7)cn6)c5c4n3-c3ccccc3)n2-c2ccccc2)cc1. The summed E-state index contributed by atoms with van der Waals surface area (Å²) >= 11 is 0. The molecule has 0 amide bonds. The van der Waals surface area contributed by atoms with Gasteiger partial charge in [-0.25, -0.2) is 9.97 Å². The second-order valence-electron chi connectivity index (χ2n) is 12.1. The van der Waals surface area contributed by atoms with Crippen LogP contribution >= 0.6 is 0 Å². The fourth-order valence-corrected chi connectivity index (χ4v) is 7.25. The van der Waals surface area contributed by atoms with Gasteiger partial charge in [0.15, 0.2) is 5.65 Å². The number of rotatable bonds is 5. The van der Waals surface area contributed by atoms with Crippen LogP contribution in [0, 0.1) is 0 Å². The third-order valence-electron chi connectivity index (χ3n) is 9.36. The molecule has 0 aliphatic carbocycles. The van der Waals surface area contributed by atoms with Crippen molar-refractivity contribution in [3.63, 3.8) is 0 Å². The van der Waals surface area contributed by atoms with Crippen LogP contribution in [0.25, 0.3) is 83.7 Å². The minimum atomic E-state index is 0.841. The van der Waals surface area contributed by atoms with E-state index in [4.69, 9.17) is 9.97 Å². The van der Waals surface area contributed by atoms with E-state index in [1.807, 2.05) is 36.7 Å². The molecule has 10 aromatic rings. The number of pyridine rings is 2. The van der Waals surface area contributed by atoms with E-state index in [1.165, 1.54) is 5.39 Å². The summed E-state index contributed by atoms with van der Waals surface area (Å²) < 4.78 is 6.94. The Morgan fingerprint density at radius 2 is 1.06 bits per heavy atom. The first-order chi connectivity index (χ1) is 24.3. The van der Waals surface area contributed by atoms with Crippen molar-refractivity contribution in [1.29, 1.82) is 0 Å². The Hall–Kier alpha value is -6.79. The first-order valence-corrected chi connectivity index (χ1v) is 16.4. The van der Waals surface area contributed by atoms with Crippen LogP contribution in [0.3, 0.4) is 0 Å². The lowest BCUT2D eigenvalue weighted by molar-refractivity contribution is 1.07. The minimum Gasteiger partial charge on any atom is -0.292 e. The molecule has 10 rings (SSSR count). The lowest BCUT2D eigenvalue weighted by Crippen LogP contribution is -2.01. The molecule has 0 atom stereocenters. The van der Waals surface area contributed by atoms with Crippen LogP contribution in [0.1, 0.15) is 0 Å². The minimum absolute atomic E-state index is 0.841. The molecule has 230 valence electrons. The van der Waals surface area contributed by atoms with E-state index < -0.39 is 0 Å². The highest BCUT2D eigenvalue weighted by atomic mass is 15.2. The summed E-state index contributed by atoms with van der Waals surface area (Å²) in [5, 5.41) is 3.44. The second-order valence-corrected chi connectivity index (χ2v) is 12.1. The van der Waals surface area contributed by atoms with Crippen molar-refractivity contribution >= 4 is 43.9 Å². The van der Waals surface area contributed by atoms with E-state index in [2.05, 4.69) is 152 Å². The van der Waals surface area contributed by atoms with Gasteiger partial charge in [-0.05, 0) is 60.7 Å². The Morgan fingerprint density at radius 1 is 0.408 bits per heavy atom. The average molecular weight is 629 g/mol. The molecule has 49 heavy (non-hydrogen) atoms. The number of hydrogen-bond acceptors (Lipinski definition) is 3. The normalized spacial score (nSPS) is 11.7. The van der Waals surface area contributed by atoms with Gasteiger partial charge in [0, 0.05) is 51.1 Å². The smallest absolute Gasteiger partial charge is 0.165 e. The molecule has 0 bridgehead atoms. The molecule has 6 heteroatoms. The van der Waals surface area contributed by atoms with Crippen molar-refractivity contribution in [1.82, 2.24) is 28.7 Å². The highest BCUT2D eigenvalue weighted by Gasteiger charge is 2.26. The zero-order valence-electron chi connectivity index (χ0n) is 26.3. The number of aromatic nitrogens is 6. The molecular formula is C43H28N6. The summed E-state index contributed by atoms with van der Waals surface area (Å²) in [5.74, 6) is 1.74. The Labute approximate surface area is 281 Å². The first kappa shape index (κ1) is 27.3. The fourth-order valence-electron chi connectivity index (χ4n) is 7.25. The van der Waals surface area contributed by atoms with Crippen LogP contribution in [-0.2, 0) is 0 Å². The van der Waals surface area contributed by atoms with E-state index in [0.717, 1.165) is 78.3 Å². The van der Waals surface area contributed by atoms with E-state index in [-0.39, 0.29) is 0 Å². The highest BCUT2D eigenvalue weighted by molar-refractivity contribution is 6.23. The van der Waals surface area contributed by atoms with E-state index >= 15 is 0 Å². The van der Waals surface area contributed by atoms with Gasteiger partial charge < -0.3 is 0 Å². The van der Waals surface area contributed by atoms with E-state index in [1.54, 1.807) is 0 Å². The quantitative estimate of drug-likeness (QED) is 0.191. The zero-order chi connectivity index (χ0) is 32.3. The molecule has 0 aliphatic heterocycles. The van der Waals surface area contributed by atoms with Gasteiger partial charge >= 0.3 is 0 Å². The second kappa shape index (κ2) is 10.9. The first-order valence-electron chi connectivity index (χ1n) is 16.4. The summed E-state index contributed by atoms with van der Waals surface area (Å²) in [5.41, 5.74) is 10.2. The Kier molecular flexibility index (Phi) is 6.08. The van der Waals surface area contributed by atoms with Crippen LogP contribution in [0.5, 0.6) is 0 Å². The molecule has 5 heterocycles. The monoisotopic (exact) mass is 628 g/mol. The summed E-state index contributed by atoms with van der Waals surface area (Å²) in [6.45, 7) is 0. The van der Waals surface area contributed by atoms with Crippen LogP contribution in [0.15, 0.2) is 170 Å². The lowest BCUT2D eigenvalue weighted by Gasteiger charge is -2.13. The van der Waals surface area contributed by atoms with Crippen LogP contribution < -0.4 is 0 Å². The number of benzene rings is 5. The standard InChI is InChI=1S/C43H28N6/c1-4-14-29(15-5-1)42-46-43-41(48(42)32-18-8-3-9-19-32)35-25-24-34-33-20-10-11-22-37(33)49(39(34)40(35)47(43)31-16-6-2-7-17-31)38-26-23-30(28-45-38)36-21-12-13-27-44-36/h1-28H. The summed E-state index contributed by atoms with van der Waals surface area (Å²) in [6, 6.07) is 54.8. The maximum atomic E-state index is 5.48. The predicted molar refractivity (Wildman–Crippen MR) is 199 cm³/mol. The molecule has 0 fully saturated rings. The van der Waals surface area contributed by atoms with Gasteiger partial charge in [0.25, 0.3) is 0 Å². The summed E-state index contributed by atoms with van der Waals surface area (Å²) in [6.07, 6.45) is 3.73. The molecule has 0 N–H and O–H groups in total. The molecule has 0 spiro atoms. The highest BCUT2D eigenvalue weighted by Crippen LogP contribution is 2.43. The van der Waals surface area contributed by atoms with Gasteiger partial charge in [-0.2, -0.15) is 0 Å². The van der Waals surface area contributed by atoms with E-state index in [0.29, 0.717) is 0 Å². The van der Waals surface area contributed by atoms with E-state index in [9.17, 15) is 0 Å². The summed E-state index contributed by atoms with van der Waals surface area (Å²) in [4.78, 5) is 15.1. The van der Waals surface area contributed by atoms with Gasteiger partial charge in [0.05, 0.1) is 22.2 Å². The molecular weight excluding hydrogens is 601 g/mol. The maximum Gasteiger partial charge on any atom is 0.165 e. The lowest BCUT2D eigenvalue weighted by atomic mass is 10.1. The zero-order valence-corrected chi connectivity index (χ0v) is 26.3. The van der Waals surface area contributed by atoms with Gasteiger partial charge in [-0.15, -0.1) is 0 Å². The number of para-hydroxylation sites is 3. The number of hydrogen-bond donors (Lipinski definition) is 0. The third-order valence-corrected chi connectivity index (χ3v) is 9.36. The molecule has 5 aromatic carbocycles. The van der Waals surface area contributed by atoms with Crippen molar-refractivity contribution in [3.05, 3.63) is 170 Å². The van der Waals surface area contributed by atoms with Gasteiger partial charge in [0.1, 0.15) is 17.2 Å². The van der Waals surface area contributed by atoms with Crippen molar-refractivity contribution < 1.29 is 0 Å². The van der Waals surface area contributed by atoms with Crippen LogP contribution in [0.2, 0.25) is 0 Å². The number of nitrogens with zero attached hydrogens (tertiary/aromatic N) is 6. The van der Waals surface area contributed by atoms with Crippen molar-refractivity contribution in [2.75, 3.05) is 0 Å². The van der Waals surface area contributed by atoms with Crippen molar-refractivity contribution in [2.24, 2.45) is 0 Å². The Balaban J connectivity index is 1.37. The largest absolute Gasteiger partial charge is 0.292 e. The molecule has 5 aromatic heterocycles. The van der Waals surface area contributed by atoms with Gasteiger partial charge in [-0.1, -0.05) is 97.1 Å². The Bertz CT molecular complexity index is 2780. The molecule has 0 saturated heterocycles.